The fraction of sp³-hybridized carbons (Fsp3) is 0.533. The summed E-state index contributed by atoms with van der Waals surface area (Å²) >= 11 is 6.03. The molecule has 0 spiro atoms. The molecule has 1 aromatic rings. The van der Waals surface area contributed by atoms with E-state index in [1.54, 1.807) is 0 Å². The molecular weight excluding hydrogens is 246 g/mol. The molecule has 0 saturated heterocycles. The van der Waals surface area contributed by atoms with Crippen LogP contribution in [0, 0.1) is 0 Å². The number of hydrogen-bond donors (Lipinski definition) is 0. The molecule has 1 aromatic carbocycles. The Bertz CT molecular complexity index is 442. The minimum Gasteiger partial charge on any atom is -0.312 e. The van der Waals surface area contributed by atoms with Crippen LogP contribution in [0.1, 0.15) is 37.8 Å². The van der Waals surface area contributed by atoms with E-state index in [9.17, 15) is 4.79 Å². The second-order valence-corrected chi connectivity index (χ2v) is 5.70. The molecular formula is C15H20ClNO. The summed E-state index contributed by atoms with van der Waals surface area (Å²) in [5.74, 6) is 0.217. The third kappa shape index (κ3) is 2.86. The highest BCUT2D eigenvalue weighted by molar-refractivity contribution is 6.20. The van der Waals surface area contributed by atoms with Crippen molar-refractivity contribution in [3.8, 4) is 0 Å². The maximum atomic E-state index is 11.9. The Balaban J connectivity index is 2.27. The summed E-state index contributed by atoms with van der Waals surface area (Å²) in [6.07, 6.45) is 3.57. The lowest BCUT2D eigenvalue weighted by Gasteiger charge is -2.29. The van der Waals surface area contributed by atoms with Gasteiger partial charge in [-0.1, -0.05) is 19.1 Å². The van der Waals surface area contributed by atoms with Crippen molar-refractivity contribution in [2.45, 2.75) is 44.9 Å². The number of nitrogens with zero attached hydrogens (tertiary/aromatic N) is 1. The highest BCUT2D eigenvalue weighted by Gasteiger charge is 2.21. The van der Waals surface area contributed by atoms with Gasteiger partial charge in [0.15, 0.2) is 0 Å². The Hall–Kier alpha value is -1.02. The normalized spacial score (nSPS) is 16.3. The molecule has 1 aliphatic heterocycles. The van der Waals surface area contributed by atoms with E-state index in [2.05, 4.69) is 18.2 Å². The maximum absolute atomic E-state index is 11.9. The van der Waals surface area contributed by atoms with Gasteiger partial charge in [-0.25, -0.2) is 0 Å². The van der Waals surface area contributed by atoms with E-state index in [0.717, 1.165) is 31.5 Å². The topological polar surface area (TPSA) is 20.3 Å². The number of alkyl halides is 1. The summed E-state index contributed by atoms with van der Waals surface area (Å²) in [5.41, 5.74) is 3.65. The second-order valence-electron chi connectivity index (χ2n) is 4.95. The molecule has 2 rings (SSSR count). The van der Waals surface area contributed by atoms with Crippen LogP contribution in [0.4, 0.5) is 5.69 Å². The van der Waals surface area contributed by atoms with Crippen LogP contribution >= 0.6 is 11.6 Å². The minimum absolute atomic E-state index is 0.153. The molecule has 1 heterocycles. The van der Waals surface area contributed by atoms with Crippen LogP contribution in [0.15, 0.2) is 18.2 Å². The Morgan fingerprint density at radius 3 is 2.94 bits per heavy atom. The van der Waals surface area contributed by atoms with Crippen LogP contribution < -0.4 is 4.90 Å². The van der Waals surface area contributed by atoms with E-state index in [0.29, 0.717) is 6.42 Å². The van der Waals surface area contributed by atoms with Crippen LogP contribution in [0.2, 0.25) is 0 Å². The smallest absolute Gasteiger partial charge is 0.226 e. The van der Waals surface area contributed by atoms with Crippen molar-refractivity contribution in [2.24, 2.45) is 0 Å². The molecule has 98 valence electrons. The third-order valence-corrected chi connectivity index (χ3v) is 3.54. The van der Waals surface area contributed by atoms with Gasteiger partial charge in [0.2, 0.25) is 5.91 Å². The van der Waals surface area contributed by atoms with Crippen molar-refractivity contribution in [3.05, 3.63) is 29.3 Å². The number of hydrogen-bond acceptors (Lipinski definition) is 1. The summed E-state index contributed by atoms with van der Waals surface area (Å²) < 4.78 is 0. The van der Waals surface area contributed by atoms with E-state index in [-0.39, 0.29) is 11.3 Å². The van der Waals surface area contributed by atoms with Gasteiger partial charge in [-0.2, -0.15) is 0 Å². The van der Waals surface area contributed by atoms with E-state index in [1.165, 1.54) is 11.1 Å². The SMILES string of the molecule is CCC(=O)N1CCCc2cc(CC(C)Cl)ccc21. The Morgan fingerprint density at radius 1 is 1.50 bits per heavy atom. The van der Waals surface area contributed by atoms with Gasteiger partial charge in [0, 0.05) is 24.0 Å². The van der Waals surface area contributed by atoms with E-state index in [1.807, 2.05) is 18.7 Å². The van der Waals surface area contributed by atoms with Gasteiger partial charge in [-0.3, -0.25) is 4.79 Å². The number of aryl methyl sites for hydroxylation is 1. The first-order valence-electron chi connectivity index (χ1n) is 6.68. The Kier molecular flexibility index (Phi) is 4.28. The fourth-order valence-corrected chi connectivity index (χ4v) is 2.73. The predicted molar refractivity (Wildman–Crippen MR) is 76.4 cm³/mol. The second kappa shape index (κ2) is 5.75. The first-order chi connectivity index (χ1) is 8.61. The molecule has 0 aromatic heterocycles. The summed E-state index contributed by atoms with van der Waals surface area (Å²) in [7, 11) is 0. The quantitative estimate of drug-likeness (QED) is 0.766. The van der Waals surface area contributed by atoms with E-state index < -0.39 is 0 Å². The zero-order valence-corrected chi connectivity index (χ0v) is 11.8. The zero-order valence-electron chi connectivity index (χ0n) is 11.1. The minimum atomic E-state index is 0.153. The lowest BCUT2D eigenvalue weighted by atomic mass is 9.97. The van der Waals surface area contributed by atoms with Gasteiger partial charge < -0.3 is 4.90 Å². The van der Waals surface area contributed by atoms with Crippen molar-refractivity contribution in [1.29, 1.82) is 0 Å². The van der Waals surface area contributed by atoms with Crippen molar-refractivity contribution < 1.29 is 4.79 Å². The number of rotatable bonds is 3. The number of carbonyl (C=O) groups excluding carboxylic acids is 1. The van der Waals surface area contributed by atoms with Crippen molar-refractivity contribution in [3.63, 3.8) is 0 Å². The highest BCUT2D eigenvalue weighted by atomic mass is 35.5. The molecule has 0 N–H and O–H groups in total. The largest absolute Gasteiger partial charge is 0.312 e. The van der Waals surface area contributed by atoms with Crippen LogP contribution in [0.25, 0.3) is 0 Å². The molecule has 1 aliphatic rings. The lowest BCUT2D eigenvalue weighted by molar-refractivity contribution is -0.118. The van der Waals surface area contributed by atoms with Crippen LogP contribution in [0.5, 0.6) is 0 Å². The third-order valence-electron chi connectivity index (χ3n) is 3.38. The van der Waals surface area contributed by atoms with Gasteiger partial charge in [0.25, 0.3) is 0 Å². The predicted octanol–water partition coefficient (Wildman–Crippen LogP) is 3.55. The van der Waals surface area contributed by atoms with Gasteiger partial charge in [0.1, 0.15) is 0 Å². The van der Waals surface area contributed by atoms with Crippen LogP contribution in [-0.4, -0.2) is 17.8 Å². The molecule has 0 bridgehead atoms. The number of benzene rings is 1. The van der Waals surface area contributed by atoms with Crippen LogP contribution in [-0.2, 0) is 17.6 Å². The average Bonchev–Trinajstić information content (AvgIpc) is 2.36. The number of amides is 1. The molecule has 2 nitrogen and oxygen atoms in total. The standard InChI is InChI=1S/C15H20ClNO/c1-3-15(18)17-8-4-5-13-10-12(9-11(2)16)6-7-14(13)17/h6-7,10-11H,3-5,8-9H2,1-2H3. The number of fused-ring (bicyclic) bond motifs is 1. The summed E-state index contributed by atoms with van der Waals surface area (Å²) in [5, 5.41) is 0.153. The summed E-state index contributed by atoms with van der Waals surface area (Å²) in [6.45, 7) is 4.78. The van der Waals surface area contributed by atoms with Crippen molar-refractivity contribution in [1.82, 2.24) is 0 Å². The van der Waals surface area contributed by atoms with E-state index >= 15 is 0 Å². The fourth-order valence-electron chi connectivity index (χ4n) is 2.55. The zero-order chi connectivity index (χ0) is 13.1. The van der Waals surface area contributed by atoms with Crippen molar-refractivity contribution in [2.75, 3.05) is 11.4 Å². The lowest BCUT2D eigenvalue weighted by Crippen LogP contribution is -2.34. The Morgan fingerprint density at radius 2 is 2.28 bits per heavy atom. The molecule has 18 heavy (non-hydrogen) atoms. The van der Waals surface area contributed by atoms with Gasteiger partial charge in [0.05, 0.1) is 0 Å². The van der Waals surface area contributed by atoms with Crippen LogP contribution in [0.3, 0.4) is 0 Å². The highest BCUT2D eigenvalue weighted by Crippen LogP contribution is 2.29. The molecule has 0 fully saturated rings. The molecule has 3 heteroatoms. The first kappa shape index (κ1) is 13.4. The van der Waals surface area contributed by atoms with Crippen molar-refractivity contribution >= 4 is 23.2 Å². The molecule has 1 amide bonds. The van der Waals surface area contributed by atoms with Gasteiger partial charge >= 0.3 is 0 Å². The molecule has 0 radical (unpaired) electrons. The number of anilines is 1. The van der Waals surface area contributed by atoms with E-state index in [4.69, 9.17) is 11.6 Å². The monoisotopic (exact) mass is 265 g/mol. The Labute approximate surface area is 114 Å². The molecule has 0 saturated carbocycles. The molecule has 0 aliphatic carbocycles. The molecule has 1 atom stereocenters. The summed E-state index contributed by atoms with van der Waals surface area (Å²) in [4.78, 5) is 13.8. The number of carbonyl (C=O) groups is 1. The summed E-state index contributed by atoms with van der Waals surface area (Å²) in [6, 6.07) is 6.39. The van der Waals surface area contributed by atoms with Gasteiger partial charge in [-0.15, -0.1) is 11.6 Å². The number of halogens is 1. The molecule has 1 unspecified atom stereocenters. The maximum Gasteiger partial charge on any atom is 0.226 e. The van der Waals surface area contributed by atoms with Gasteiger partial charge in [-0.05, 0) is 43.4 Å². The first-order valence-corrected chi connectivity index (χ1v) is 7.11. The average molecular weight is 266 g/mol.